The molecule has 98 valence electrons. The molecule has 3 nitrogen and oxygen atoms in total. The summed E-state index contributed by atoms with van der Waals surface area (Å²) < 4.78 is 5.43. The number of ether oxygens (including phenoxy) is 1. The average molecular weight is 282 g/mol. The molecular formula is C13H18N2OS2. The SMILES string of the molecule is c1csc(CCN=C2NC3(CCOCC3)CS2)c1. The van der Waals surface area contributed by atoms with E-state index in [4.69, 9.17) is 4.74 Å². The lowest BCUT2D eigenvalue weighted by Crippen LogP contribution is -2.48. The lowest BCUT2D eigenvalue weighted by Gasteiger charge is -2.32. The van der Waals surface area contributed by atoms with E-state index in [2.05, 4.69) is 27.8 Å². The number of amidine groups is 1. The van der Waals surface area contributed by atoms with Crippen molar-refractivity contribution in [3.8, 4) is 0 Å². The number of nitrogens with one attached hydrogen (secondary N) is 1. The van der Waals surface area contributed by atoms with Crippen molar-refractivity contribution < 1.29 is 4.74 Å². The first-order chi connectivity index (χ1) is 8.86. The summed E-state index contributed by atoms with van der Waals surface area (Å²) in [7, 11) is 0. The van der Waals surface area contributed by atoms with E-state index in [1.807, 2.05) is 23.1 Å². The third kappa shape index (κ3) is 2.90. The Kier molecular flexibility index (Phi) is 3.91. The van der Waals surface area contributed by atoms with Gasteiger partial charge in [-0.25, -0.2) is 0 Å². The lowest BCUT2D eigenvalue weighted by molar-refractivity contribution is 0.0555. The number of hydrogen-bond donors (Lipinski definition) is 1. The second kappa shape index (κ2) is 5.63. The quantitative estimate of drug-likeness (QED) is 0.925. The highest BCUT2D eigenvalue weighted by Crippen LogP contribution is 2.31. The minimum Gasteiger partial charge on any atom is -0.381 e. The lowest BCUT2D eigenvalue weighted by atomic mass is 9.93. The molecule has 3 heterocycles. The van der Waals surface area contributed by atoms with Crippen molar-refractivity contribution >= 4 is 28.3 Å². The van der Waals surface area contributed by atoms with E-state index >= 15 is 0 Å². The Morgan fingerprint density at radius 2 is 2.28 bits per heavy atom. The predicted octanol–water partition coefficient (Wildman–Crippen LogP) is 2.53. The van der Waals surface area contributed by atoms with Crippen molar-refractivity contribution in [2.24, 2.45) is 4.99 Å². The van der Waals surface area contributed by atoms with Gasteiger partial charge < -0.3 is 10.1 Å². The number of thiophene rings is 1. The minimum atomic E-state index is 0.269. The van der Waals surface area contributed by atoms with Crippen LogP contribution in [0.4, 0.5) is 0 Å². The van der Waals surface area contributed by atoms with Gasteiger partial charge in [-0.1, -0.05) is 17.8 Å². The van der Waals surface area contributed by atoms with Crippen LogP contribution in [-0.4, -0.2) is 36.2 Å². The summed E-state index contributed by atoms with van der Waals surface area (Å²) in [5.74, 6) is 1.15. The zero-order valence-electron chi connectivity index (χ0n) is 10.4. The van der Waals surface area contributed by atoms with Crippen LogP contribution in [0.1, 0.15) is 17.7 Å². The Morgan fingerprint density at radius 3 is 3.06 bits per heavy atom. The molecule has 5 heteroatoms. The van der Waals surface area contributed by atoms with E-state index in [0.29, 0.717) is 0 Å². The molecule has 3 rings (SSSR count). The maximum absolute atomic E-state index is 5.43. The molecule has 1 aromatic heterocycles. The van der Waals surface area contributed by atoms with Crippen molar-refractivity contribution in [1.82, 2.24) is 5.32 Å². The van der Waals surface area contributed by atoms with Crippen molar-refractivity contribution in [3.63, 3.8) is 0 Å². The van der Waals surface area contributed by atoms with Gasteiger partial charge in [0, 0.05) is 36.8 Å². The first-order valence-corrected chi connectivity index (χ1v) is 8.28. The van der Waals surface area contributed by atoms with Crippen LogP contribution in [-0.2, 0) is 11.2 Å². The fraction of sp³-hybridized carbons (Fsp3) is 0.615. The van der Waals surface area contributed by atoms with Gasteiger partial charge in [0.25, 0.3) is 0 Å². The minimum absolute atomic E-state index is 0.269. The van der Waals surface area contributed by atoms with Crippen molar-refractivity contribution in [2.45, 2.75) is 24.8 Å². The number of nitrogens with zero attached hydrogens (tertiary/aromatic N) is 1. The van der Waals surface area contributed by atoms with Gasteiger partial charge in [-0.3, -0.25) is 4.99 Å². The summed E-state index contributed by atoms with van der Waals surface area (Å²) in [4.78, 5) is 6.10. The molecule has 0 unspecified atom stereocenters. The van der Waals surface area contributed by atoms with Crippen LogP contribution in [0.3, 0.4) is 0 Å². The molecule has 2 saturated heterocycles. The first-order valence-electron chi connectivity index (χ1n) is 6.42. The molecule has 0 atom stereocenters. The Morgan fingerprint density at radius 1 is 1.39 bits per heavy atom. The van der Waals surface area contributed by atoms with Crippen LogP contribution >= 0.6 is 23.1 Å². The summed E-state index contributed by atoms with van der Waals surface area (Å²) in [5, 5.41) is 6.88. The van der Waals surface area contributed by atoms with E-state index in [1.165, 1.54) is 4.88 Å². The standard InChI is InChI=1S/C13H18N2OS2/c1-2-11(17-9-1)3-6-14-12-15-13(10-18-12)4-7-16-8-5-13/h1-2,9H,3-8,10H2,(H,14,15). The van der Waals surface area contributed by atoms with Gasteiger partial charge in [-0.15, -0.1) is 11.3 Å². The molecule has 0 radical (unpaired) electrons. The molecular weight excluding hydrogens is 264 g/mol. The van der Waals surface area contributed by atoms with E-state index < -0.39 is 0 Å². The topological polar surface area (TPSA) is 33.6 Å². The second-order valence-corrected chi connectivity index (χ2v) is 6.82. The summed E-state index contributed by atoms with van der Waals surface area (Å²) in [6, 6.07) is 4.28. The van der Waals surface area contributed by atoms with E-state index in [-0.39, 0.29) is 5.54 Å². The van der Waals surface area contributed by atoms with E-state index in [0.717, 1.165) is 49.9 Å². The van der Waals surface area contributed by atoms with Crippen LogP contribution in [0.2, 0.25) is 0 Å². The zero-order chi connectivity index (χ0) is 12.3. The third-order valence-electron chi connectivity index (χ3n) is 3.50. The monoisotopic (exact) mass is 282 g/mol. The largest absolute Gasteiger partial charge is 0.381 e. The van der Waals surface area contributed by atoms with Gasteiger partial charge >= 0.3 is 0 Å². The van der Waals surface area contributed by atoms with Crippen LogP contribution in [0, 0.1) is 0 Å². The molecule has 0 amide bonds. The average Bonchev–Trinajstić information content (AvgIpc) is 3.02. The molecule has 1 spiro atoms. The van der Waals surface area contributed by atoms with E-state index in [9.17, 15) is 0 Å². The summed E-state index contributed by atoms with van der Waals surface area (Å²) >= 11 is 3.69. The smallest absolute Gasteiger partial charge is 0.157 e. The fourth-order valence-corrected chi connectivity index (χ4v) is 4.29. The highest BCUT2D eigenvalue weighted by Gasteiger charge is 2.38. The number of hydrogen-bond acceptors (Lipinski definition) is 4. The normalized spacial score (nSPS) is 24.6. The maximum atomic E-state index is 5.43. The number of thioether (sulfide) groups is 1. The van der Waals surface area contributed by atoms with Crippen molar-refractivity contribution in [3.05, 3.63) is 22.4 Å². The Labute approximate surface area is 116 Å². The fourth-order valence-electron chi connectivity index (χ4n) is 2.34. The maximum Gasteiger partial charge on any atom is 0.157 e. The Bertz CT molecular complexity index is 411. The molecule has 2 aliphatic rings. The van der Waals surface area contributed by atoms with Gasteiger partial charge in [0.2, 0.25) is 0 Å². The highest BCUT2D eigenvalue weighted by atomic mass is 32.2. The molecule has 0 saturated carbocycles. The Hall–Kier alpha value is -0.520. The second-order valence-electron chi connectivity index (χ2n) is 4.82. The van der Waals surface area contributed by atoms with Crippen LogP contribution in [0.5, 0.6) is 0 Å². The van der Waals surface area contributed by atoms with Gasteiger partial charge in [0.05, 0.1) is 5.54 Å². The molecule has 1 aromatic rings. The molecule has 0 aliphatic carbocycles. The molecule has 1 N–H and O–H groups in total. The molecule has 2 fully saturated rings. The number of aliphatic imine (C=N–C) groups is 1. The van der Waals surface area contributed by atoms with Gasteiger partial charge in [-0.2, -0.15) is 0 Å². The predicted molar refractivity (Wildman–Crippen MR) is 78.7 cm³/mol. The summed E-state index contributed by atoms with van der Waals surface area (Å²) in [6.07, 6.45) is 3.29. The van der Waals surface area contributed by atoms with E-state index in [1.54, 1.807) is 0 Å². The molecule has 0 aromatic carbocycles. The first kappa shape index (κ1) is 12.5. The van der Waals surface area contributed by atoms with Crippen LogP contribution in [0.15, 0.2) is 22.5 Å². The van der Waals surface area contributed by atoms with Gasteiger partial charge in [0.1, 0.15) is 0 Å². The summed E-state index contributed by atoms with van der Waals surface area (Å²) in [6.45, 7) is 2.66. The van der Waals surface area contributed by atoms with Gasteiger partial charge in [0.15, 0.2) is 5.17 Å². The molecule has 2 aliphatic heterocycles. The van der Waals surface area contributed by atoms with Crippen LogP contribution in [0.25, 0.3) is 0 Å². The van der Waals surface area contributed by atoms with Crippen LogP contribution < -0.4 is 5.32 Å². The Balaban J connectivity index is 1.51. The third-order valence-corrected chi connectivity index (χ3v) is 5.64. The number of rotatable bonds is 3. The van der Waals surface area contributed by atoms with Crippen molar-refractivity contribution in [2.75, 3.05) is 25.5 Å². The van der Waals surface area contributed by atoms with Crippen molar-refractivity contribution in [1.29, 1.82) is 0 Å². The highest BCUT2D eigenvalue weighted by molar-refractivity contribution is 8.14. The summed E-state index contributed by atoms with van der Waals surface area (Å²) in [5.41, 5.74) is 0.269. The molecule has 18 heavy (non-hydrogen) atoms. The zero-order valence-corrected chi connectivity index (χ0v) is 12.0. The van der Waals surface area contributed by atoms with Gasteiger partial charge in [-0.05, 0) is 24.3 Å². The molecule has 0 bridgehead atoms.